The Bertz CT molecular complexity index is 718. The molecule has 0 amide bonds. The number of nitrogens with zero attached hydrogens (tertiary/aromatic N) is 4. The fourth-order valence-corrected chi connectivity index (χ4v) is 2.94. The van der Waals surface area contributed by atoms with E-state index in [0.29, 0.717) is 6.54 Å². The molecule has 1 aromatic heterocycles. The molecule has 8 heteroatoms. The fraction of sp³-hybridized carbons (Fsp3) is 0.400. The molecule has 0 aliphatic carbocycles. The number of aryl methyl sites for hydroxylation is 1. The van der Waals surface area contributed by atoms with Crippen molar-refractivity contribution in [3.05, 3.63) is 46.5 Å². The van der Waals surface area contributed by atoms with Gasteiger partial charge in [-0.05, 0) is 25.0 Å². The Morgan fingerprint density at radius 2 is 2.30 bits per heavy atom. The van der Waals surface area contributed by atoms with Crippen LogP contribution in [-0.2, 0) is 7.05 Å². The van der Waals surface area contributed by atoms with Crippen LogP contribution in [0.1, 0.15) is 12.8 Å². The van der Waals surface area contributed by atoms with E-state index in [0.717, 1.165) is 31.1 Å². The summed E-state index contributed by atoms with van der Waals surface area (Å²) in [5.74, 6) is -0.820. The van der Waals surface area contributed by atoms with Crippen LogP contribution in [-0.4, -0.2) is 33.8 Å². The molecule has 122 valence electrons. The van der Waals surface area contributed by atoms with Gasteiger partial charge in [0.05, 0.1) is 16.8 Å². The van der Waals surface area contributed by atoms with Gasteiger partial charge in [-0.3, -0.25) is 14.8 Å². The minimum Gasteiger partial charge on any atom is -0.375 e. The van der Waals surface area contributed by atoms with E-state index in [1.165, 1.54) is 6.07 Å². The van der Waals surface area contributed by atoms with Crippen molar-refractivity contribution in [2.45, 2.75) is 18.9 Å². The Hall–Kier alpha value is -2.64. The number of anilines is 2. The number of halogens is 1. The van der Waals surface area contributed by atoms with Crippen molar-refractivity contribution in [2.24, 2.45) is 7.05 Å². The van der Waals surface area contributed by atoms with E-state index in [2.05, 4.69) is 15.3 Å². The number of hydrogen-bond acceptors (Lipinski definition) is 5. The summed E-state index contributed by atoms with van der Waals surface area (Å²) in [5, 5.41) is 18.4. The third-order valence-electron chi connectivity index (χ3n) is 4.01. The molecular weight excluding hydrogens is 301 g/mol. The molecule has 1 saturated heterocycles. The number of benzene rings is 1. The van der Waals surface area contributed by atoms with Gasteiger partial charge in [-0.25, -0.2) is 0 Å². The minimum atomic E-state index is -0.820. The number of para-hydroxylation sites is 1. The molecule has 1 aromatic carbocycles. The van der Waals surface area contributed by atoms with E-state index in [-0.39, 0.29) is 11.7 Å². The predicted molar refractivity (Wildman–Crippen MR) is 85.1 cm³/mol. The average molecular weight is 319 g/mol. The third kappa shape index (κ3) is 3.25. The molecular formula is C15H18FN5O2. The molecule has 3 rings (SSSR count). The summed E-state index contributed by atoms with van der Waals surface area (Å²) in [5.41, 5.74) is 0.756. The quantitative estimate of drug-likeness (QED) is 0.692. The first kappa shape index (κ1) is 15.3. The highest BCUT2D eigenvalue weighted by atomic mass is 19.1. The van der Waals surface area contributed by atoms with Gasteiger partial charge in [-0.2, -0.15) is 9.49 Å². The molecule has 1 fully saturated rings. The van der Waals surface area contributed by atoms with Crippen LogP contribution in [0.3, 0.4) is 0 Å². The molecule has 1 aliphatic rings. The summed E-state index contributed by atoms with van der Waals surface area (Å²) >= 11 is 0. The molecule has 0 unspecified atom stereocenters. The maximum absolute atomic E-state index is 13.7. The summed E-state index contributed by atoms with van der Waals surface area (Å²) in [4.78, 5) is 12.6. The number of hydrogen-bond donors (Lipinski definition) is 1. The molecule has 0 radical (unpaired) electrons. The predicted octanol–water partition coefficient (Wildman–Crippen LogP) is 2.55. The molecule has 1 N–H and O–H groups in total. The second kappa shape index (κ2) is 6.23. The lowest BCUT2D eigenvalue weighted by Crippen LogP contribution is -2.42. The molecule has 0 saturated carbocycles. The molecule has 0 bridgehead atoms. The van der Waals surface area contributed by atoms with Gasteiger partial charge in [-0.1, -0.05) is 6.07 Å². The Balaban J connectivity index is 1.76. The lowest BCUT2D eigenvalue weighted by atomic mass is 10.0. The van der Waals surface area contributed by atoms with Crippen LogP contribution in [0.4, 0.5) is 21.5 Å². The molecule has 0 spiro atoms. The standard InChI is InChI=1S/C15H18FN5O2/c1-19-10-12(8-17-19)20-7-3-4-11(9-20)18-14-6-2-5-13(16)15(14)21(22)23/h2,5-6,8,10-11,18H,3-4,7,9H2,1H3/t11-/m1/s1. The zero-order valence-corrected chi connectivity index (χ0v) is 12.8. The highest BCUT2D eigenvalue weighted by Gasteiger charge is 2.25. The first-order valence-corrected chi connectivity index (χ1v) is 7.47. The number of piperidine rings is 1. The summed E-state index contributed by atoms with van der Waals surface area (Å²) in [6, 6.07) is 4.15. The molecule has 7 nitrogen and oxygen atoms in total. The van der Waals surface area contributed by atoms with E-state index >= 15 is 0 Å². The lowest BCUT2D eigenvalue weighted by Gasteiger charge is -2.34. The normalized spacial score (nSPS) is 18.0. The summed E-state index contributed by atoms with van der Waals surface area (Å²) < 4.78 is 15.4. The fourth-order valence-electron chi connectivity index (χ4n) is 2.94. The van der Waals surface area contributed by atoms with Crippen molar-refractivity contribution >= 4 is 17.1 Å². The highest BCUT2D eigenvalue weighted by Crippen LogP contribution is 2.29. The van der Waals surface area contributed by atoms with E-state index < -0.39 is 16.4 Å². The zero-order valence-electron chi connectivity index (χ0n) is 12.8. The molecule has 2 heterocycles. The monoisotopic (exact) mass is 319 g/mol. The van der Waals surface area contributed by atoms with Crippen LogP contribution in [0.15, 0.2) is 30.6 Å². The van der Waals surface area contributed by atoms with Gasteiger partial charge >= 0.3 is 5.69 Å². The zero-order chi connectivity index (χ0) is 16.4. The Kier molecular flexibility index (Phi) is 4.14. The Morgan fingerprint density at radius 1 is 1.48 bits per heavy atom. The maximum atomic E-state index is 13.7. The summed E-state index contributed by atoms with van der Waals surface area (Å²) in [7, 11) is 1.86. The number of nitrogens with one attached hydrogen (secondary N) is 1. The van der Waals surface area contributed by atoms with E-state index in [9.17, 15) is 14.5 Å². The number of nitro groups is 1. The largest absolute Gasteiger partial charge is 0.375 e. The number of rotatable bonds is 4. The highest BCUT2D eigenvalue weighted by molar-refractivity contribution is 5.62. The van der Waals surface area contributed by atoms with Crippen molar-refractivity contribution in [1.29, 1.82) is 0 Å². The van der Waals surface area contributed by atoms with Gasteiger partial charge in [0.1, 0.15) is 5.69 Å². The van der Waals surface area contributed by atoms with Crippen LogP contribution >= 0.6 is 0 Å². The summed E-state index contributed by atoms with van der Waals surface area (Å²) in [6.07, 6.45) is 5.57. The van der Waals surface area contributed by atoms with Crippen LogP contribution in [0.25, 0.3) is 0 Å². The first-order chi connectivity index (χ1) is 11.0. The van der Waals surface area contributed by atoms with Crippen molar-refractivity contribution in [3.63, 3.8) is 0 Å². The van der Waals surface area contributed by atoms with Crippen LogP contribution in [0.5, 0.6) is 0 Å². The first-order valence-electron chi connectivity index (χ1n) is 7.47. The third-order valence-corrected chi connectivity index (χ3v) is 4.01. The molecule has 23 heavy (non-hydrogen) atoms. The van der Waals surface area contributed by atoms with Gasteiger partial charge in [0.15, 0.2) is 0 Å². The number of nitro benzene ring substituents is 1. The SMILES string of the molecule is Cn1cc(N2CCC[C@@H](Nc3cccc(F)c3[N+](=O)[O-])C2)cn1. The van der Waals surface area contributed by atoms with Gasteiger partial charge in [0.25, 0.3) is 0 Å². The topological polar surface area (TPSA) is 76.2 Å². The van der Waals surface area contributed by atoms with Crippen molar-refractivity contribution in [3.8, 4) is 0 Å². The second-order valence-electron chi connectivity index (χ2n) is 5.69. The van der Waals surface area contributed by atoms with Gasteiger partial charge in [0.2, 0.25) is 5.82 Å². The van der Waals surface area contributed by atoms with Crippen molar-refractivity contribution in [1.82, 2.24) is 9.78 Å². The number of aromatic nitrogens is 2. The van der Waals surface area contributed by atoms with E-state index in [1.54, 1.807) is 16.9 Å². The summed E-state index contributed by atoms with van der Waals surface area (Å²) in [6.45, 7) is 1.61. The Morgan fingerprint density at radius 3 is 3.00 bits per heavy atom. The van der Waals surface area contributed by atoms with Crippen LogP contribution in [0, 0.1) is 15.9 Å². The van der Waals surface area contributed by atoms with Gasteiger partial charge in [0, 0.05) is 32.4 Å². The molecule has 1 aliphatic heterocycles. The average Bonchev–Trinajstić information content (AvgIpc) is 2.94. The van der Waals surface area contributed by atoms with Gasteiger partial charge < -0.3 is 10.2 Å². The lowest BCUT2D eigenvalue weighted by molar-refractivity contribution is -0.386. The Labute approximate surface area is 132 Å². The van der Waals surface area contributed by atoms with Crippen LogP contribution in [0.2, 0.25) is 0 Å². The maximum Gasteiger partial charge on any atom is 0.327 e. The van der Waals surface area contributed by atoms with E-state index in [4.69, 9.17) is 0 Å². The minimum absolute atomic E-state index is 0.0180. The second-order valence-corrected chi connectivity index (χ2v) is 5.69. The van der Waals surface area contributed by atoms with Crippen molar-refractivity contribution in [2.75, 3.05) is 23.3 Å². The van der Waals surface area contributed by atoms with Crippen LogP contribution < -0.4 is 10.2 Å². The molecule has 1 atom stereocenters. The van der Waals surface area contributed by atoms with E-state index in [1.807, 2.05) is 13.2 Å². The van der Waals surface area contributed by atoms with Crippen molar-refractivity contribution < 1.29 is 9.31 Å². The molecule has 2 aromatic rings. The smallest absolute Gasteiger partial charge is 0.327 e. The van der Waals surface area contributed by atoms with Gasteiger partial charge in [-0.15, -0.1) is 0 Å².